The van der Waals surface area contributed by atoms with Crippen molar-refractivity contribution in [1.29, 1.82) is 5.26 Å². The second kappa shape index (κ2) is 7.27. The van der Waals surface area contributed by atoms with Crippen molar-refractivity contribution in [3.05, 3.63) is 72.1 Å². The predicted molar refractivity (Wildman–Crippen MR) is 90.2 cm³/mol. The van der Waals surface area contributed by atoms with Gasteiger partial charge in [-0.2, -0.15) is 5.26 Å². The number of nitrogens with one attached hydrogen (secondary N) is 1. The molecule has 0 aliphatic rings. The first kappa shape index (κ1) is 16.2. The molecule has 1 N–H and O–H groups in total. The zero-order valence-corrected chi connectivity index (χ0v) is 13.5. The molecule has 0 spiro atoms. The van der Waals surface area contributed by atoms with Crippen molar-refractivity contribution in [2.75, 3.05) is 7.11 Å². The molecule has 0 unspecified atom stereocenters. The number of amides is 1. The minimum Gasteiger partial charge on any atom is -0.496 e. The van der Waals surface area contributed by atoms with E-state index in [2.05, 4.69) is 21.7 Å². The third-order valence-corrected chi connectivity index (χ3v) is 3.67. The van der Waals surface area contributed by atoms with Crippen LogP contribution in [-0.4, -0.2) is 28.0 Å². The van der Waals surface area contributed by atoms with E-state index in [9.17, 15) is 10.1 Å². The quantitative estimate of drug-likeness (QED) is 0.773. The standard InChI is InChI=1S/C18H15N5O2/c1-25-17-9-5-3-6-13(17)15(12-19)21-18(24)14-7-2-4-8-16(14)23-11-10-20-22-23/h2-11,15H,1H3,(H,21,24)/t15-/m0/s1. The van der Waals surface area contributed by atoms with Crippen molar-refractivity contribution >= 4 is 5.91 Å². The van der Waals surface area contributed by atoms with Gasteiger partial charge in [0.25, 0.3) is 5.91 Å². The molecule has 0 fully saturated rings. The molecule has 1 atom stereocenters. The van der Waals surface area contributed by atoms with Crippen LogP contribution in [0.25, 0.3) is 5.69 Å². The number of nitrogens with zero attached hydrogens (tertiary/aromatic N) is 4. The lowest BCUT2D eigenvalue weighted by atomic mass is 10.1. The second-order valence-electron chi connectivity index (χ2n) is 5.14. The fraction of sp³-hybridized carbons (Fsp3) is 0.111. The van der Waals surface area contributed by atoms with E-state index in [1.165, 1.54) is 18.0 Å². The minimum absolute atomic E-state index is 0.386. The molecule has 0 radical (unpaired) electrons. The Morgan fingerprint density at radius 3 is 2.72 bits per heavy atom. The molecule has 0 bridgehead atoms. The first-order valence-corrected chi connectivity index (χ1v) is 7.53. The highest BCUT2D eigenvalue weighted by Gasteiger charge is 2.20. The number of benzene rings is 2. The molecule has 2 aromatic carbocycles. The average Bonchev–Trinajstić information content (AvgIpc) is 3.20. The second-order valence-corrected chi connectivity index (χ2v) is 5.14. The number of carbonyl (C=O) groups is 1. The summed E-state index contributed by atoms with van der Waals surface area (Å²) < 4.78 is 6.77. The summed E-state index contributed by atoms with van der Waals surface area (Å²) in [6.45, 7) is 0. The Hall–Kier alpha value is -3.66. The van der Waals surface area contributed by atoms with Crippen LogP contribution in [0.15, 0.2) is 60.9 Å². The normalized spacial score (nSPS) is 11.4. The van der Waals surface area contributed by atoms with Crippen LogP contribution in [0, 0.1) is 11.3 Å². The maximum absolute atomic E-state index is 12.7. The first-order chi connectivity index (χ1) is 12.2. The fourth-order valence-electron chi connectivity index (χ4n) is 2.50. The van der Waals surface area contributed by atoms with Gasteiger partial charge in [-0.3, -0.25) is 4.79 Å². The summed E-state index contributed by atoms with van der Waals surface area (Å²) in [4.78, 5) is 12.7. The van der Waals surface area contributed by atoms with Crippen LogP contribution in [0.1, 0.15) is 22.0 Å². The molecule has 0 saturated carbocycles. The van der Waals surface area contributed by atoms with Crippen LogP contribution in [0.4, 0.5) is 0 Å². The van der Waals surface area contributed by atoms with Crippen LogP contribution >= 0.6 is 0 Å². The van der Waals surface area contributed by atoms with Gasteiger partial charge >= 0.3 is 0 Å². The Kier molecular flexibility index (Phi) is 4.72. The van der Waals surface area contributed by atoms with E-state index in [4.69, 9.17) is 4.74 Å². The van der Waals surface area contributed by atoms with E-state index in [-0.39, 0.29) is 5.91 Å². The van der Waals surface area contributed by atoms with Crippen molar-refractivity contribution in [3.8, 4) is 17.5 Å². The third-order valence-electron chi connectivity index (χ3n) is 3.67. The van der Waals surface area contributed by atoms with Gasteiger partial charge in [0.05, 0.1) is 36.8 Å². The number of methoxy groups -OCH3 is 1. The Bertz CT molecular complexity index is 915. The van der Waals surface area contributed by atoms with E-state index in [0.29, 0.717) is 22.6 Å². The van der Waals surface area contributed by atoms with Gasteiger partial charge in [0.2, 0.25) is 0 Å². The zero-order valence-electron chi connectivity index (χ0n) is 13.5. The molecule has 7 heteroatoms. The molecule has 0 aliphatic heterocycles. The number of hydrogen-bond acceptors (Lipinski definition) is 5. The molecule has 0 saturated heterocycles. The molecule has 1 heterocycles. The Morgan fingerprint density at radius 1 is 1.24 bits per heavy atom. The van der Waals surface area contributed by atoms with Gasteiger partial charge in [-0.15, -0.1) is 5.10 Å². The van der Waals surface area contributed by atoms with Crippen LogP contribution in [0.2, 0.25) is 0 Å². The lowest BCUT2D eigenvalue weighted by Gasteiger charge is -2.16. The molecule has 124 valence electrons. The summed E-state index contributed by atoms with van der Waals surface area (Å²) in [5.41, 5.74) is 1.57. The van der Waals surface area contributed by atoms with Crippen molar-refractivity contribution in [1.82, 2.24) is 20.3 Å². The molecule has 25 heavy (non-hydrogen) atoms. The van der Waals surface area contributed by atoms with Crippen LogP contribution < -0.4 is 10.1 Å². The average molecular weight is 333 g/mol. The van der Waals surface area contributed by atoms with Gasteiger partial charge in [-0.25, -0.2) is 4.68 Å². The third kappa shape index (κ3) is 3.33. The highest BCUT2D eigenvalue weighted by atomic mass is 16.5. The Balaban J connectivity index is 1.91. The van der Waals surface area contributed by atoms with E-state index < -0.39 is 6.04 Å². The number of nitriles is 1. The molecule has 1 amide bonds. The van der Waals surface area contributed by atoms with Gasteiger partial charge in [-0.05, 0) is 18.2 Å². The molecule has 0 aliphatic carbocycles. The smallest absolute Gasteiger partial charge is 0.254 e. The van der Waals surface area contributed by atoms with E-state index >= 15 is 0 Å². The Labute approximate surface area is 144 Å². The van der Waals surface area contributed by atoms with Crippen molar-refractivity contribution in [2.45, 2.75) is 6.04 Å². The maximum atomic E-state index is 12.7. The highest BCUT2D eigenvalue weighted by molar-refractivity contribution is 5.98. The topological polar surface area (TPSA) is 92.8 Å². The van der Waals surface area contributed by atoms with Crippen LogP contribution in [-0.2, 0) is 0 Å². The summed E-state index contributed by atoms with van der Waals surface area (Å²) in [5.74, 6) is 0.155. The lowest BCUT2D eigenvalue weighted by molar-refractivity contribution is 0.0944. The number of rotatable bonds is 5. The number of hydrogen-bond donors (Lipinski definition) is 1. The van der Waals surface area contributed by atoms with Gasteiger partial charge in [0.15, 0.2) is 0 Å². The number of aromatic nitrogens is 3. The van der Waals surface area contributed by atoms with E-state index in [0.717, 1.165) is 0 Å². The van der Waals surface area contributed by atoms with E-state index in [1.54, 1.807) is 54.7 Å². The molecule has 1 aromatic heterocycles. The van der Waals surface area contributed by atoms with Crippen LogP contribution in [0.5, 0.6) is 5.75 Å². The zero-order chi connectivity index (χ0) is 17.6. The molecule has 3 rings (SSSR count). The van der Waals surface area contributed by atoms with Crippen molar-refractivity contribution in [2.24, 2.45) is 0 Å². The monoisotopic (exact) mass is 333 g/mol. The summed E-state index contributed by atoms with van der Waals surface area (Å²) in [6, 6.07) is 15.3. The summed E-state index contributed by atoms with van der Waals surface area (Å²) in [7, 11) is 1.52. The SMILES string of the molecule is COc1ccccc1[C@H](C#N)NC(=O)c1ccccc1-n1ccnn1. The van der Waals surface area contributed by atoms with Gasteiger partial charge in [-0.1, -0.05) is 35.5 Å². The number of ether oxygens (including phenoxy) is 1. The summed E-state index contributed by atoms with van der Waals surface area (Å²) >= 11 is 0. The molecule has 3 aromatic rings. The van der Waals surface area contributed by atoms with Gasteiger partial charge in [0, 0.05) is 5.56 Å². The van der Waals surface area contributed by atoms with Crippen LogP contribution in [0.3, 0.4) is 0 Å². The van der Waals surface area contributed by atoms with Gasteiger partial charge < -0.3 is 10.1 Å². The lowest BCUT2D eigenvalue weighted by Crippen LogP contribution is -2.29. The predicted octanol–water partition coefficient (Wildman–Crippen LogP) is 2.27. The summed E-state index contributed by atoms with van der Waals surface area (Å²) in [6.07, 6.45) is 3.18. The van der Waals surface area contributed by atoms with Crippen molar-refractivity contribution in [3.63, 3.8) is 0 Å². The highest BCUT2D eigenvalue weighted by Crippen LogP contribution is 2.25. The minimum atomic E-state index is -0.840. The summed E-state index contributed by atoms with van der Waals surface area (Å²) in [5, 5.41) is 19.9. The van der Waals surface area contributed by atoms with E-state index in [1.807, 2.05) is 0 Å². The number of para-hydroxylation sites is 2. The number of carbonyl (C=O) groups excluding carboxylic acids is 1. The fourth-order valence-corrected chi connectivity index (χ4v) is 2.50. The molecular formula is C18H15N5O2. The molecular weight excluding hydrogens is 318 g/mol. The van der Waals surface area contributed by atoms with Gasteiger partial charge in [0.1, 0.15) is 11.8 Å². The first-order valence-electron chi connectivity index (χ1n) is 7.53. The molecule has 7 nitrogen and oxygen atoms in total. The Morgan fingerprint density at radius 2 is 2.00 bits per heavy atom. The van der Waals surface area contributed by atoms with Crippen molar-refractivity contribution < 1.29 is 9.53 Å². The largest absolute Gasteiger partial charge is 0.496 e. The maximum Gasteiger partial charge on any atom is 0.254 e.